The smallest absolute Gasteiger partial charge is 0.424 e. The number of hydrogen-bond acceptors (Lipinski definition) is 6. The van der Waals surface area contributed by atoms with Crippen LogP contribution in [-0.2, 0) is 11.4 Å². The zero-order valence-corrected chi connectivity index (χ0v) is 13.4. The molecule has 120 valence electrons. The largest absolute Gasteiger partial charge is 0.591 e. The van der Waals surface area contributed by atoms with Crippen molar-refractivity contribution in [3.63, 3.8) is 0 Å². The number of rotatable bonds is 3. The van der Waals surface area contributed by atoms with E-state index in [0.29, 0.717) is 0 Å². The van der Waals surface area contributed by atoms with Gasteiger partial charge in [-0.15, -0.1) is 4.90 Å². The summed E-state index contributed by atoms with van der Waals surface area (Å²) in [7, 11) is 0. The number of carboxylic acid groups (broad SMARTS) is 2. The topological polar surface area (TPSA) is 139 Å². The van der Waals surface area contributed by atoms with Crippen LogP contribution >= 0.6 is 11.6 Å². The lowest BCUT2D eigenvalue weighted by atomic mass is 10.3. The number of carbonyl (C=O) groups is 2. The summed E-state index contributed by atoms with van der Waals surface area (Å²) >= 11 is 4.25. The molecule has 1 aromatic heterocycles. The van der Waals surface area contributed by atoms with Crippen LogP contribution in [0.1, 0.15) is 26.5 Å². The van der Waals surface area contributed by atoms with Crippen LogP contribution in [0, 0.1) is 0 Å². The molecule has 0 saturated heterocycles. The van der Waals surface area contributed by atoms with E-state index in [2.05, 4.69) is 14.4 Å². The van der Waals surface area contributed by atoms with Gasteiger partial charge in [0.2, 0.25) is 5.95 Å². The van der Waals surface area contributed by atoms with Gasteiger partial charge in [0, 0.05) is 0 Å². The average molecular weight is 349 g/mol. The molecule has 0 aliphatic heterocycles. The highest BCUT2D eigenvalue weighted by Crippen LogP contribution is 2.19. The molecular weight excluding hydrogens is 336 g/mol. The number of hydrogen-bond donors (Lipinski definition) is 2. The predicted molar refractivity (Wildman–Crippen MR) is 81.1 cm³/mol. The van der Waals surface area contributed by atoms with Gasteiger partial charge in [0.05, 0.1) is 11.2 Å². The van der Waals surface area contributed by atoms with E-state index >= 15 is 0 Å². The minimum Gasteiger partial charge on any atom is -0.591 e. The van der Waals surface area contributed by atoms with Crippen molar-refractivity contribution in [2.24, 2.45) is 4.40 Å². The van der Waals surface area contributed by atoms with Crippen molar-refractivity contribution in [1.29, 1.82) is 0 Å². The summed E-state index contributed by atoms with van der Waals surface area (Å²) in [6.45, 7) is 5.14. The van der Waals surface area contributed by atoms with E-state index in [9.17, 15) is 14.1 Å². The Morgan fingerprint density at radius 2 is 1.95 bits per heavy atom. The SMILES string of the molecule is CC(C)(C)[S+]([O-])/N=C/c1nc(N(C(=O)O)C(=O)O)ncc1Cl. The number of anilines is 1. The van der Waals surface area contributed by atoms with Gasteiger partial charge in [-0.2, -0.15) is 0 Å². The average Bonchev–Trinajstić information content (AvgIpc) is 2.36. The Kier molecular flexibility index (Phi) is 5.69. The first-order valence-electron chi connectivity index (χ1n) is 5.78. The van der Waals surface area contributed by atoms with Gasteiger partial charge >= 0.3 is 12.2 Å². The summed E-state index contributed by atoms with van der Waals surface area (Å²) in [5.41, 5.74) is -0.0447. The molecule has 1 unspecified atom stereocenters. The zero-order valence-electron chi connectivity index (χ0n) is 11.8. The maximum Gasteiger partial charge on any atom is 0.424 e. The molecule has 0 radical (unpaired) electrons. The van der Waals surface area contributed by atoms with Gasteiger partial charge in [-0.25, -0.2) is 19.6 Å². The molecule has 0 bridgehead atoms. The number of imide groups is 1. The first-order valence-corrected chi connectivity index (χ1v) is 7.27. The molecule has 0 saturated carbocycles. The van der Waals surface area contributed by atoms with Crippen LogP contribution < -0.4 is 4.90 Å². The van der Waals surface area contributed by atoms with Crippen molar-refractivity contribution in [3.05, 3.63) is 16.9 Å². The first kappa shape index (κ1) is 18.1. The molecule has 22 heavy (non-hydrogen) atoms. The fourth-order valence-corrected chi connectivity index (χ4v) is 1.73. The molecule has 1 heterocycles. The molecular formula is C11H13ClN4O5S. The van der Waals surface area contributed by atoms with Crippen molar-refractivity contribution >= 4 is 47.3 Å². The van der Waals surface area contributed by atoms with Gasteiger partial charge in [-0.1, -0.05) is 16.0 Å². The number of aromatic nitrogens is 2. The summed E-state index contributed by atoms with van der Waals surface area (Å²) in [4.78, 5) is 28.9. The third-order valence-electron chi connectivity index (χ3n) is 2.14. The fourth-order valence-electron chi connectivity index (χ4n) is 1.08. The minimum atomic E-state index is -1.77. The Balaban J connectivity index is 3.18. The second-order valence-electron chi connectivity index (χ2n) is 4.90. The third kappa shape index (κ3) is 4.55. The van der Waals surface area contributed by atoms with Crippen LogP contribution in [0.3, 0.4) is 0 Å². The summed E-state index contributed by atoms with van der Waals surface area (Å²) < 4.78 is 15.0. The number of halogens is 1. The van der Waals surface area contributed by atoms with Crippen molar-refractivity contribution in [2.75, 3.05) is 4.90 Å². The lowest BCUT2D eigenvalue weighted by Gasteiger charge is -2.17. The highest BCUT2D eigenvalue weighted by atomic mass is 35.5. The van der Waals surface area contributed by atoms with Crippen LogP contribution in [0.25, 0.3) is 0 Å². The van der Waals surface area contributed by atoms with E-state index in [-0.39, 0.29) is 15.6 Å². The van der Waals surface area contributed by atoms with E-state index in [1.807, 2.05) is 0 Å². The van der Waals surface area contributed by atoms with Crippen molar-refractivity contribution < 1.29 is 24.4 Å². The standard InChI is InChI=1S/C11H13ClN4O5S/c1-11(2,3)22(21)14-5-7-6(12)4-13-8(15-7)16(9(17)18)10(19)20/h4-5H,1-3H3,(H,17,18)(H,19,20)/b14-5+. The molecule has 0 aliphatic carbocycles. The van der Waals surface area contributed by atoms with Crippen LogP contribution in [-0.4, -0.2) is 47.9 Å². The highest BCUT2D eigenvalue weighted by molar-refractivity contribution is 7.91. The molecule has 0 spiro atoms. The van der Waals surface area contributed by atoms with Crippen molar-refractivity contribution in [1.82, 2.24) is 9.97 Å². The summed E-state index contributed by atoms with van der Waals surface area (Å²) in [5, 5.41) is 17.7. The molecule has 2 amide bonds. The quantitative estimate of drug-likeness (QED) is 0.630. The predicted octanol–water partition coefficient (Wildman–Crippen LogP) is 2.17. The van der Waals surface area contributed by atoms with E-state index in [1.165, 1.54) is 0 Å². The summed E-state index contributed by atoms with van der Waals surface area (Å²) in [5.74, 6) is -0.604. The van der Waals surface area contributed by atoms with E-state index in [0.717, 1.165) is 12.4 Å². The summed E-state index contributed by atoms with van der Waals surface area (Å²) in [6, 6.07) is 0. The highest BCUT2D eigenvalue weighted by Gasteiger charge is 2.27. The Morgan fingerprint density at radius 1 is 1.41 bits per heavy atom. The molecule has 0 aliphatic rings. The van der Waals surface area contributed by atoms with Gasteiger partial charge in [0.15, 0.2) is 0 Å². The molecule has 0 fully saturated rings. The number of nitrogens with zero attached hydrogens (tertiary/aromatic N) is 4. The molecule has 1 aromatic rings. The molecule has 1 rings (SSSR count). The Hall–Kier alpha value is -1.91. The van der Waals surface area contributed by atoms with E-state index < -0.39 is 34.2 Å². The second-order valence-corrected chi connectivity index (χ2v) is 7.24. The molecule has 2 N–H and O–H groups in total. The Bertz CT molecular complexity index is 605. The third-order valence-corrected chi connectivity index (χ3v) is 3.77. The van der Waals surface area contributed by atoms with Crippen LogP contribution in [0.2, 0.25) is 5.02 Å². The van der Waals surface area contributed by atoms with Gasteiger partial charge < -0.3 is 14.8 Å². The molecule has 9 nitrogen and oxygen atoms in total. The zero-order chi connectivity index (χ0) is 17.1. The fraction of sp³-hybridized carbons (Fsp3) is 0.364. The Labute approximate surface area is 134 Å². The summed E-state index contributed by atoms with van der Waals surface area (Å²) in [6.07, 6.45) is -1.42. The normalized spacial score (nSPS) is 13.1. The van der Waals surface area contributed by atoms with E-state index in [1.54, 1.807) is 20.8 Å². The second kappa shape index (κ2) is 6.90. The van der Waals surface area contributed by atoms with Crippen molar-refractivity contribution in [3.8, 4) is 0 Å². The van der Waals surface area contributed by atoms with E-state index in [4.69, 9.17) is 21.8 Å². The lowest BCUT2D eigenvalue weighted by Crippen LogP contribution is -2.36. The van der Waals surface area contributed by atoms with Crippen LogP contribution in [0.5, 0.6) is 0 Å². The van der Waals surface area contributed by atoms with Crippen LogP contribution in [0.15, 0.2) is 10.6 Å². The lowest BCUT2D eigenvalue weighted by molar-refractivity contribution is 0.183. The molecule has 11 heteroatoms. The van der Waals surface area contributed by atoms with Crippen molar-refractivity contribution in [2.45, 2.75) is 25.5 Å². The van der Waals surface area contributed by atoms with Gasteiger partial charge in [-0.05, 0) is 20.8 Å². The molecule has 0 aromatic carbocycles. The maximum absolute atomic E-state index is 11.8. The number of amides is 2. The Morgan fingerprint density at radius 3 is 2.41 bits per heavy atom. The van der Waals surface area contributed by atoms with Gasteiger partial charge in [0.1, 0.15) is 28.0 Å². The first-order chi connectivity index (χ1) is 10.0. The molecule has 1 atom stereocenters. The monoisotopic (exact) mass is 348 g/mol. The van der Waals surface area contributed by atoms with Gasteiger partial charge in [-0.3, -0.25) is 0 Å². The van der Waals surface area contributed by atoms with Gasteiger partial charge in [0.25, 0.3) is 0 Å². The minimum absolute atomic E-state index is 0.00846. The maximum atomic E-state index is 11.8. The van der Waals surface area contributed by atoms with Crippen LogP contribution in [0.4, 0.5) is 15.5 Å².